The number of hydrogen-bond acceptors (Lipinski definition) is 1. The molecule has 2 aromatic rings. The first-order valence-electron chi connectivity index (χ1n) is 4.67. The summed E-state index contributed by atoms with van der Waals surface area (Å²) in [6, 6.07) is 8.96. The number of hydrogen-bond donors (Lipinski definition) is 0. The van der Waals surface area contributed by atoms with Gasteiger partial charge < -0.3 is 0 Å². The molecule has 0 aliphatic heterocycles. The Morgan fingerprint density at radius 2 is 2.07 bits per heavy atom. The van der Waals surface area contributed by atoms with Crippen LogP contribution in [0.3, 0.4) is 0 Å². The van der Waals surface area contributed by atoms with Crippen molar-refractivity contribution >= 4 is 27.3 Å². The summed E-state index contributed by atoms with van der Waals surface area (Å²) in [6.45, 7) is 0. The Hall–Kier alpha value is -0.670. The monoisotopic (exact) mass is 284 g/mol. The molecule has 0 saturated heterocycles. The zero-order valence-corrected chi connectivity index (χ0v) is 10.4. The van der Waals surface area contributed by atoms with Crippen molar-refractivity contribution in [3.8, 4) is 0 Å². The molecule has 0 aliphatic carbocycles. The highest BCUT2D eigenvalue weighted by molar-refractivity contribution is 9.09. The second-order valence-electron chi connectivity index (χ2n) is 3.32. The predicted octanol–water partition coefficient (Wildman–Crippen LogP) is 4.57. The maximum Gasteiger partial charge on any atom is 0.127 e. The van der Waals surface area contributed by atoms with Gasteiger partial charge in [0.1, 0.15) is 5.82 Å². The Morgan fingerprint density at radius 3 is 2.73 bits per heavy atom. The standard InChI is InChI=1S/C12H10BrFS/c13-11(7-9-5-6-15-8-9)10-3-1-2-4-12(10)14/h1-6,8,11H,7H2. The summed E-state index contributed by atoms with van der Waals surface area (Å²) < 4.78 is 13.4. The normalized spacial score (nSPS) is 12.7. The molecular formula is C12H10BrFS. The van der Waals surface area contributed by atoms with E-state index in [2.05, 4.69) is 27.4 Å². The highest BCUT2D eigenvalue weighted by atomic mass is 79.9. The van der Waals surface area contributed by atoms with Gasteiger partial charge in [-0.25, -0.2) is 4.39 Å². The summed E-state index contributed by atoms with van der Waals surface area (Å²) in [7, 11) is 0. The first kappa shape index (κ1) is 10.8. The van der Waals surface area contributed by atoms with E-state index in [4.69, 9.17) is 0 Å². The lowest BCUT2D eigenvalue weighted by atomic mass is 10.1. The number of alkyl halides is 1. The smallest absolute Gasteiger partial charge is 0.127 e. The predicted molar refractivity (Wildman–Crippen MR) is 66.1 cm³/mol. The minimum atomic E-state index is -0.144. The maximum absolute atomic E-state index is 13.4. The van der Waals surface area contributed by atoms with Crippen LogP contribution in [0.1, 0.15) is 16.0 Å². The zero-order valence-electron chi connectivity index (χ0n) is 7.99. The quantitative estimate of drug-likeness (QED) is 0.725. The lowest BCUT2D eigenvalue weighted by molar-refractivity contribution is 0.608. The van der Waals surface area contributed by atoms with Crippen molar-refractivity contribution in [2.24, 2.45) is 0 Å². The molecule has 1 unspecified atom stereocenters. The highest BCUT2D eigenvalue weighted by Crippen LogP contribution is 2.29. The molecule has 0 spiro atoms. The van der Waals surface area contributed by atoms with Gasteiger partial charge in [0.05, 0.1) is 0 Å². The second-order valence-corrected chi connectivity index (χ2v) is 5.21. The molecule has 1 aromatic carbocycles. The van der Waals surface area contributed by atoms with Crippen molar-refractivity contribution in [1.82, 2.24) is 0 Å². The van der Waals surface area contributed by atoms with Crippen LogP contribution in [0.2, 0.25) is 0 Å². The van der Waals surface area contributed by atoms with Crippen LogP contribution in [-0.2, 0) is 6.42 Å². The van der Waals surface area contributed by atoms with E-state index in [0.717, 1.165) is 12.0 Å². The fourth-order valence-electron chi connectivity index (χ4n) is 1.45. The molecule has 0 amide bonds. The Bertz CT molecular complexity index is 425. The molecule has 1 heterocycles. The average Bonchev–Trinajstić information content (AvgIpc) is 2.71. The fourth-order valence-corrected chi connectivity index (χ4v) is 2.88. The summed E-state index contributed by atoms with van der Waals surface area (Å²) in [6.07, 6.45) is 0.824. The first-order chi connectivity index (χ1) is 7.27. The summed E-state index contributed by atoms with van der Waals surface area (Å²) in [4.78, 5) is 0.0494. The minimum Gasteiger partial charge on any atom is -0.207 e. The van der Waals surface area contributed by atoms with Gasteiger partial charge in [-0.15, -0.1) is 0 Å². The van der Waals surface area contributed by atoms with Crippen molar-refractivity contribution in [1.29, 1.82) is 0 Å². The van der Waals surface area contributed by atoms with Crippen molar-refractivity contribution in [2.75, 3.05) is 0 Å². The van der Waals surface area contributed by atoms with Crippen molar-refractivity contribution in [2.45, 2.75) is 11.2 Å². The number of benzene rings is 1. The molecule has 15 heavy (non-hydrogen) atoms. The van der Waals surface area contributed by atoms with Crippen LogP contribution in [0.15, 0.2) is 41.1 Å². The molecule has 1 aromatic heterocycles. The van der Waals surface area contributed by atoms with Gasteiger partial charge in [-0.3, -0.25) is 0 Å². The van der Waals surface area contributed by atoms with Gasteiger partial charge in [-0.05, 0) is 34.9 Å². The molecule has 1 atom stereocenters. The Morgan fingerprint density at radius 1 is 1.27 bits per heavy atom. The number of rotatable bonds is 3. The Labute approximate surface area is 101 Å². The van der Waals surface area contributed by atoms with Gasteiger partial charge in [0, 0.05) is 10.4 Å². The van der Waals surface area contributed by atoms with Gasteiger partial charge in [0.15, 0.2) is 0 Å². The molecule has 0 saturated carbocycles. The van der Waals surface area contributed by atoms with Gasteiger partial charge in [-0.2, -0.15) is 11.3 Å². The maximum atomic E-state index is 13.4. The van der Waals surface area contributed by atoms with Crippen LogP contribution in [0, 0.1) is 5.82 Å². The topological polar surface area (TPSA) is 0 Å². The number of thiophene rings is 1. The molecular weight excluding hydrogens is 275 g/mol. The third-order valence-electron chi connectivity index (χ3n) is 2.24. The van der Waals surface area contributed by atoms with Gasteiger partial charge in [0.2, 0.25) is 0 Å². The summed E-state index contributed by atoms with van der Waals surface area (Å²) in [5.74, 6) is -0.144. The zero-order chi connectivity index (χ0) is 10.7. The summed E-state index contributed by atoms with van der Waals surface area (Å²) in [5.41, 5.74) is 1.97. The molecule has 0 N–H and O–H groups in total. The van der Waals surface area contributed by atoms with E-state index in [-0.39, 0.29) is 10.6 Å². The van der Waals surface area contributed by atoms with Gasteiger partial charge >= 0.3 is 0 Å². The van der Waals surface area contributed by atoms with Crippen molar-refractivity contribution < 1.29 is 4.39 Å². The molecule has 0 bridgehead atoms. The van der Waals surface area contributed by atoms with Crippen molar-refractivity contribution in [3.63, 3.8) is 0 Å². The van der Waals surface area contributed by atoms with E-state index in [0.29, 0.717) is 0 Å². The van der Waals surface area contributed by atoms with Crippen LogP contribution < -0.4 is 0 Å². The van der Waals surface area contributed by atoms with E-state index >= 15 is 0 Å². The molecule has 78 valence electrons. The second kappa shape index (κ2) is 4.90. The van der Waals surface area contributed by atoms with Crippen LogP contribution in [0.5, 0.6) is 0 Å². The number of halogens is 2. The SMILES string of the molecule is Fc1ccccc1C(Br)Cc1ccsc1. The average molecular weight is 285 g/mol. The van der Waals surface area contributed by atoms with Crippen LogP contribution >= 0.6 is 27.3 Å². The highest BCUT2D eigenvalue weighted by Gasteiger charge is 2.12. The first-order valence-corrected chi connectivity index (χ1v) is 6.53. The molecule has 0 aliphatic rings. The van der Waals surface area contributed by atoms with Crippen molar-refractivity contribution in [3.05, 3.63) is 58.0 Å². The van der Waals surface area contributed by atoms with E-state index in [1.807, 2.05) is 17.5 Å². The Balaban J connectivity index is 2.15. The van der Waals surface area contributed by atoms with Gasteiger partial charge in [-0.1, -0.05) is 34.1 Å². The minimum absolute atomic E-state index is 0.0494. The summed E-state index contributed by atoms with van der Waals surface area (Å²) >= 11 is 5.19. The molecule has 3 heteroatoms. The third kappa shape index (κ3) is 2.67. The van der Waals surface area contributed by atoms with Crippen LogP contribution in [0.25, 0.3) is 0 Å². The largest absolute Gasteiger partial charge is 0.207 e. The molecule has 2 rings (SSSR count). The third-order valence-corrected chi connectivity index (χ3v) is 3.79. The molecule has 0 fully saturated rings. The van der Waals surface area contributed by atoms with Gasteiger partial charge in [0.25, 0.3) is 0 Å². The molecule has 0 radical (unpaired) electrons. The van der Waals surface area contributed by atoms with E-state index in [1.54, 1.807) is 17.4 Å². The lowest BCUT2D eigenvalue weighted by Crippen LogP contribution is -1.97. The van der Waals surface area contributed by atoms with E-state index in [1.165, 1.54) is 11.6 Å². The lowest BCUT2D eigenvalue weighted by Gasteiger charge is -2.09. The van der Waals surface area contributed by atoms with E-state index in [9.17, 15) is 4.39 Å². The molecule has 0 nitrogen and oxygen atoms in total. The summed E-state index contributed by atoms with van der Waals surface area (Å²) in [5, 5.41) is 4.13. The van der Waals surface area contributed by atoms with E-state index < -0.39 is 0 Å². The van der Waals surface area contributed by atoms with Crippen LogP contribution in [0.4, 0.5) is 4.39 Å². The Kier molecular flexibility index (Phi) is 3.54. The fraction of sp³-hybridized carbons (Fsp3) is 0.167. The van der Waals surface area contributed by atoms with Crippen LogP contribution in [-0.4, -0.2) is 0 Å².